The van der Waals surface area contributed by atoms with Gasteiger partial charge in [0.05, 0.1) is 10.9 Å². The van der Waals surface area contributed by atoms with Crippen molar-refractivity contribution in [2.24, 2.45) is 0 Å². The van der Waals surface area contributed by atoms with Crippen molar-refractivity contribution in [1.82, 2.24) is 10.2 Å². The third-order valence-corrected chi connectivity index (χ3v) is 5.09. The lowest BCUT2D eigenvalue weighted by Gasteiger charge is -2.25. The van der Waals surface area contributed by atoms with Gasteiger partial charge in [0.25, 0.3) is 5.91 Å². The summed E-state index contributed by atoms with van der Waals surface area (Å²) in [5.74, 6) is -0.461. The van der Waals surface area contributed by atoms with Crippen LogP contribution in [-0.2, 0) is 0 Å². The third-order valence-electron chi connectivity index (χ3n) is 4.00. The molecule has 2 aromatic carbocycles. The van der Waals surface area contributed by atoms with Gasteiger partial charge in [0.1, 0.15) is 5.82 Å². The van der Waals surface area contributed by atoms with Crippen LogP contribution in [0.3, 0.4) is 0 Å². The van der Waals surface area contributed by atoms with E-state index in [2.05, 4.69) is 10.2 Å². The highest BCUT2D eigenvalue weighted by atomic mass is 32.1. The summed E-state index contributed by atoms with van der Waals surface area (Å²) in [6, 6.07) is 16.6. The Morgan fingerprint density at radius 2 is 1.92 bits per heavy atom. The third kappa shape index (κ3) is 3.47. The van der Waals surface area contributed by atoms with E-state index in [4.69, 9.17) is 0 Å². The number of hydrogen-bond donors (Lipinski definition) is 1. The molecule has 0 aliphatic carbocycles. The van der Waals surface area contributed by atoms with Gasteiger partial charge in [-0.25, -0.2) is 4.39 Å². The molecule has 0 aliphatic heterocycles. The van der Waals surface area contributed by atoms with E-state index >= 15 is 0 Å². The maximum Gasteiger partial charge on any atom is 0.261 e. The van der Waals surface area contributed by atoms with Gasteiger partial charge in [0, 0.05) is 16.6 Å². The molecule has 1 unspecified atom stereocenters. The first-order valence-electron chi connectivity index (χ1n) is 7.74. The van der Waals surface area contributed by atoms with Crippen LogP contribution in [-0.4, -0.2) is 31.4 Å². The summed E-state index contributed by atoms with van der Waals surface area (Å²) in [5.41, 5.74) is 1.14. The van der Waals surface area contributed by atoms with Crippen LogP contribution in [0.5, 0.6) is 0 Å². The molecular weight excluding hydrogens is 323 g/mol. The number of benzene rings is 2. The average molecular weight is 342 g/mol. The molecule has 1 amide bonds. The fourth-order valence-electron chi connectivity index (χ4n) is 2.69. The first kappa shape index (κ1) is 16.6. The van der Waals surface area contributed by atoms with Gasteiger partial charge in [-0.3, -0.25) is 4.79 Å². The molecule has 124 valence electrons. The van der Waals surface area contributed by atoms with E-state index in [9.17, 15) is 9.18 Å². The second-order valence-electron chi connectivity index (χ2n) is 5.86. The summed E-state index contributed by atoms with van der Waals surface area (Å²) >= 11 is 1.31. The summed E-state index contributed by atoms with van der Waals surface area (Å²) in [6.07, 6.45) is 0. The second kappa shape index (κ2) is 7.11. The molecule has 1 aromatic heterocycles. The van der Waals surface area contributed by atoms with Crippen molar-refractivity contribution in [3.05, 3.63) is 70.9 Å². The number of rotatable bonds is 5. The average Bonchev–Trinajstić information content (AvgIpc) is 3.01. The summed E-state index contributed by atoms with van der Waals surface area (Å²) in [4.78, 5) is 15.0. The molecule has 0 saturated heterocycles. The Labute approximate surface area is 144 Å². The van der Waals surface area contributed by atoms with Crippen molar-refractivity contribution in [3.63, 3.8) is 0 Å². The molecule has 3 rings (SSSR count). The minimum atomic E-state index is -0.293. The molecule has 0 spiro atoms. The van der Waals surface area contributed by atoms with Crippen molar-refractivity contribution in [2.45, 2.75) is 6.04 Å². The van der Waals surface area contributed by atoms with Crippen LogP contribution in [0.15, 0.2) is 54.6 Å². The molecule has 3 aromatic rings. The maximum atomic E-state index is 13.8. The fraction of sp³-hybridized carbons (Fsp3) is 0.211. The minimum Gasteiger partial charge on any atom is -0.349 e. The predicted molar refractivity (Wildman–Crippen MR) is 97.0 cm³/mol. The number of carbonyl (C=O) groups excluding carboxylic acids is 1. The highest BCUT2D eigenvalue weighted by Gasteiger charge is 2.17. The van der Waals surface area contributed by atoms with Gasteiger partial charge in [0.2, 0.25) is 0 Å². The van der Waals surface area contributed by atoms with E-state index in [1.54, 1.807) is 12.1 Å². The number of carbonyl (C=O) groups is 1. The van der Waals surface area contributed by atoms with E-state index in [1.807, 2.05) is 50.5 Å². The molecular formula is C19H19FN2OS. The number of likely N-dealkylation sites (N-methyl/N-ethyl adjacent to an activating group) is 1. The molecule has 1 N–H and O–H groups in total. The Bertz CT molecular complexity index is 845. The largest absolute Gasteiger partial charge is 0.349 e. The zero-order chi connectivity index (χ0) is 17.1. The van der Waals surface area contributed by atoms with Crippen molar-refractivity contribution in [1.29, 1.82) is 0 Å². The van der Waals surface area contributed by atoms with Crippen LogP contribution in [0, 0.1) is 5.82 Å². The lowest BCUT2D eigenvalue weighted by Crippen LogP contribution is -2.34. The number of fused-ring (bicyclic) bond motifs is 1. The monoisotopic (exact) mass is 342 g/mol. The zero-order valence-electron chi connectivity index (χ0n) is 13.6. The molecule has 24 heavy (non-hydrogen) atoms. The summed E-state index contributed by atoms with van der Waals surface area (Å²) in [6.45, 7) is 0.493. The normalized spacial score (nSPS) is 12.5. The minimum absolute atomic E-state index is 0.0845. The van der Waals surface area contributed by atoms with Crippen LogP contribution in [0.4, 0.5) is 4.39 Å². The molecule has 1 atom stereocenters. The SMILES string of the molecule is CN(C)C(CNC(=O)c1cc2c(F)cccc2s1)c1ccccc1. The van der Waals surface area contributed by atoms with E-state index in [0.717, 1.165) is 10.3 Å². The van der Waals surface area contributed by atoms with Gasteiger partial charge in [-0.1, -0.05) is 36.4 Å². The standard InChI is InChI=1S/C19H19FN2OS/c1-22(2)16(13-7-4-3-5-8-13)12-21-19(23)18-11-14-15(20)9-6-10-17(14)24-18/h3-11,16H,12H2,1-2H3,(H,21,23). The van der Waals surface area contributed by atoms with Gasteiger partial charge < -0.3 is 10.2 Å². The van der Waals surface area contributed by atoms with Crippen LogP contribution in [0.2, 0.25) is 0 Å². The van der Waals surface area contributed by atoms with Crippen LogP contribution in [0.1, 0.15) is 21.3 Å². The molecule has 0 radical (unpaired) electrons. The van der Waals surface area contributed by atoms with Crippen LogP contribution in [0.25, 0.3) is 10.1 Å². The Kier molecular flexibility index (Phi) is 4.92. The zero-order valence-corrected chi connectivity index (χ0v) is 14.4. The Hall–Kier alpha value is -2.24. The maximum absolute atomic E-state index is 13.8. The highest BCUT2D eigenvalue weighted by molar-refractivity contribution is 7.20. The van der Waals surface area contributed by atoms with Gasteiger partial charge >= 0.3 is 0 Å². The summed E-state index contributed by atoms with van der Waals surface area (Å²) < 4.78 is 14.6. The lowest BCUT2D eigenvalue weighted by atomic mass is 10.1. The van der Waals surface area contributed by atoms with Crippen LogP contribution < -0.4 is 5.32 Å². The summed E-state index contributed by atoms with van der Waals surface area (Å²) in [7, 11) is 3.97. The number of nitrogens with one attached hydrogen (secondary N) is 1. The van der Waals surface area contributed by atoms with Gasteiger partial charge in [-0.15, -0.1) is 11.3 Å². The highest BCUT2D eigenvalue weighted by Crippen LogP contribution is 2.27. The Morgan fingerprint density at radius 3 is 2.58 bits per heavy atom. The van der Waals surface area contributed by atoms with Gasteiger partial charge in [-0.2, -0.15) is 0 Å². The van der Waals surface area contributed by atoms with E-state index in [1.165, 1.54) is 17.4 Å². The molecule has 0 fully saturated rings. The number of amides is 1. The van der Waals surface area contributed by atoms with E-state index < -0.39 is 0 Å². The fourth-order valence-corrected chi connectivity index (χ4v) is 3.68. The second-order valence-corrected chi connectivity index (χ2v) is 6.95. The quantitative estimate of drug-likeness (QED) is 0.758. The summed E-state index contributed by atoms with van der Waals surface area (Å²) in [5, 5.41) is 3.47. The van der Waals surface area contributed by atoms with Crippen molar-refractivity contribution >= 4 is 27.3 Å². The predicted octanol–water partition coefficient (Wildman–Crippen LogP) is 4.07. The van der Waals surface area contributed by atoms with Crippen molar-refractivity contribution < 1.29 is 9.18 Å². The van der Waals surface area contributed by atoms with Crippen molar-refractivity contribution in [3.8, 4) is 0 Å². The van der Waals surface area contributed by atoms with E-state index in [-0.39, 0.29) is 17.8 Å². The van der Waals surface area contributed by atoms with Gasteiger partial charge in [0.15, 0.2) is 0 Å². The first-order valence-corrected chi connectivity index (χ1v) is 8.55. The lowest BCUT2D eigenvalue weighted by molar-refractivity contribution is 0.0946. The molecule has 3 nitrogen and oxygen atoms in total. The number of thiophene rings is 1. The van der Waals surface area contributed by atoms with Crippen molar-refractivity contribution in [2.75, 3.05) is 20.6 Å². The molecule has 0 aliphatic rings. The molecule has 1 heterocycles. The first-order chi connectivity index (χ1) is 11.6. The molecule has 0 bridgehead atoms. The topological polar surface area (TPSA) is 32.3 Å². The molecule has 5 heteroatoms. The number of nitrogens with zero attached hydrogens (tertiary/aromatic N) is 1. The van der Waals surface area contributed by atoms with Crippen LogP contribution >= 0.6 is 11.3 Å². The smallest absolute Gasteiger partial charge is 0.261 e. The molecule has 0 saturated carbocycles. The number of hydrogen-bond acceptors (Lipinski definition) is 3. The number of halogens is 1. The van der Waals surface area contributed by atoms with Gasteiger partial charge in [-0.05, 0) is 37.9 Å². The van der Waals surface area contributed by atoms with E-state index in [0.29, 0.717) is 16.8 Å². The Morgan fingerprint density at radius 1 is 1.17 bits per heavy atom. The Balaban J connectivity index is 1.74.